The van der Waals surface area contributed by atoms with Gasteiger partial charge >= 0.3 is 5.97 Å². The Hall–Kier alpha value is -0.320. The number of rotatable bonds is 1. The summed E-state index contributed by atoms with van der Waals surface area (Å²) < 4.78 is 9.65. The Kier molecular flexibility index (Phi) is 3.16. The Morgan fingerprint density at radius 1 is 1.77 bits per heavy atom. The molecule has 0 bridgehead atoms. The van der Waals surface area contributed by atoms with Crippen molar-refractivity contribution in [2.24, 2.45) is 0 Å². The van der Waals surface area contributed by atoms with Crippen LogP contribution in [0.25, 0.3) is 0 Å². The van der Waals surface area contributed by atoms with Gasteiger partial charge < -0.3 is 14.6 Å². The second-order valence-corrected chi connectivity index (χ2v) is 3.85. The highest BCUT2D eigenvalue weighted by Crippen LogP contribution is 2.31. The molecule has 1 rings (SSSR count). The van der Waals surface area contributed by atoms with E-state index in [9.17, 15) is 9.90 Å². The van der Waals surface area contributed by atoms with Crippen LogP contribution in [0.2, 0.25) is 0 Å². The molecule has 5 heteroatoms. The number of carbonyl (C=O) groups excluding carboxylic acids is 1. The lowest BCUT2D eigenvalue weighted by atomic mass is 9.95. The zero-order valence-electron chi connectivity index (χ0n) is 7.62. The third-order valence-corrected chi connectivity index (χ3v) is 2.64. The molecule has 0 spiro atoms. The molecule has 1 aliphatic rings. The maximum atomic E-state index is 11.2. The van der Waals surface area contributed by atoms with E-state index in [0.29, 0.717) is 12.8 Å². The van der Waals surface area contributed by atoms with Gasteiger partial charge in [0.1, 0.15) is 0 Å². The first-order valence-corrected chi connectivity index (χ1v) is 4.51. The second-order valence-electron chi connectivity index (χ2n) is 3.29. The molecule has 1 heterocycles. The van der Waals surface area contributed by atoms with Gasteiger partial charge in [-0.15, -0.1) is 11.6 Å². The van der Waals surface area contributed by atoms with E-state index in [4.69, 9.17) is 16.3 Å². The van der Waals surface area contributed by atoms with Crippen LogP contribution in [-0.4, -0.2) is 35.5 Å². The predicted molar refractivity (Wildman–Crippen MR) is 46.4 cm³/mol. The average molecular weight is 209 g/mol. The molecular weight excluding hydrogens is 196 g/mol. The van der Waals surface area contributed by atoms with E-state index in [0.717, 1.165) is 0 Å². The molecule has 13 heavy (non-hydrogen) atoms. The van der Waals surface area contributed by atoms with Gasteiger partial charge in [-0.2, -0.15) is 0 Å². The van der Waals surface area contributed by atoms with E-state index in [1.54, 1.807) is 6.92 Å². The Morgan fingerprint density at radius 2 is 2.38 bits per heavy atom. The Bertz CT molecular complexity index is 208. The fraction of sp³-hybridized carbons (Fsp3) is 0.875. The number of methoxy groups -OCH3 is 1. The van der Waals surface area contributed by atoms with Crippen molar-refractivity contribution in [1.82, 2.24) is 0 Å². The number of alkyl halides is 1. The van der Waals surface area contributed by atoms with Gasteiger partial charge in [-0.05, 0) is 19.8 Å². The van der Waals surface area contributed by atoms with Crippen molar-refractivity contribution in [3.8, 4) is 0 Å². The van der Waals surface area contributed by atoms with Gasteiger partial charge in [-0.1, -0.05) is 0 Å². The summed E-state index contributed by atoms with van der Waals surface area (Å²) in [6.07, 6.45) is -0.0984. The predicted octanol–water partition coefficient (Wildman–Crippen LogP) is 0.654. The zero-order valence-corrected chi connectivity index (χ0v) is 8.37. The number of halogens is 1. The van der Waals surface area contributed by atoms with Gasteiger partial charge in [-0.3, -0.25) is 0 Å². The summed E-state index contributed by atoms with van der Waals surface area (Å²) in [5.41, 5.74) is -1.06. The molecule has 1 fully saturated rings. The lowest BCUT2D eigenvalue weighted by Crippen LogP contribution is -2.49. The minimum atomic E-state index is -1.10. The molecule has 0 aromatic rings. The van der Waals surface area contributed by atoms with Crippen molar-refractivity contribution in [3.05, 3.63) is 0 Å². The van der Waals surface area contributed by atoms with Crippen LogP contribution in [-0.2, 0) is 14.3 Å². The van der Waals surface area contributed by atoms with Crippen LogP contribution >= 0.6 is 11.6 Å². The molecule has 3 unspecified atom stereocenters. The van der Waals surface area contributed by atoms with E-state index in [2.05, 4.69) is 4.74 Å². The van der Waals surface area contributed by atoms with E-state index >= 15 is 0 Å². The number of aliphatic hydroxyl groups is 1. The third-order valence-electron chi connectivity index (χ3n) is 2.20. The zero-order chi connectivity index (χ0) is 10.1. The highest BCUT2D eigenvalue weighted by Gasteiger charge is 2.43. The summed E-state index contributed by atoms with van der Waals surface area (Å²) in [6, 6.07) is 0. The summed E-state index contributed by atoms with van der Waals surface area (Å²) in [5.74, 6) is -0.477. The van der Waals surface area contributed by atoms with Crippen molar-refractivity contribution >= 4 is 17.6 Å². The SMILES string of the molecule is COC(=O)C1(C)CCC(Cl)C(O)O1. The molecule has 0 amide bonds. The number of esters is 1. The lowest BCUT2D eigenvalue weighted by Gasteiger charge is -2.36. The number of aliphatic hydroxyl groups excluding tert-OH is 1. The van der Waals surface area contributed by atoms with Gasteiger partial charge in [0.25, 0.3) is 0 Å². The molecule has 76 valence electrons. The van der Waals surface area contributed by atoms with E-state index in [1.807, 2.05) is 0 Å². The largest absolute Gasteiger partial charge is 0.467 e. The first kappa shape index (κ1) is 10.8. The standard InChI is InChI=1S/C8H13ClO4/c1-8(7(11)12-2)4-3-5(9)6(10)13-8/h5-6,10H,3-4H2,1-2H3. The van der Waals surface area contributed by atoms with Crippen molar-refractivity contribution in [1.29, 1.82) is 0 Å². The molecule has 0 aliphatic carbocycles. The molecule has 1 N–H and O–H groups in total. The van der Waals surface area contributed by atoms with Gasteiger partial charge in [0, 0.05) is 0 Å². The first-order chi connectivity index (χ1) is 5.99. The van der Waals surface area contributed by atoms with Crippen LogP contribution in [0.3, 0.4) is 0 Å². The highest BCUT2D eigenvalue weighted by atomic mass is 35.5. The van der Waals surface area contributed by atoms with E-state index < -0.39 is 23.2 Å². The molecule has 0 aromatic heterocycles. The molecule has 0 aromatic carbocycles. The van der Waals surface area contributed by atoms with Crippen molar-refractivity contribution in [3.63, 3.8) is 0 Å². The van der Waals surface area contributed by atoms with Crippen molar-refractivity contribution in [2.45, 2.75) is 37.0 Å². The van der Waals surface area contributed by atoms with Crippen LogP contribution in [0.4, 0.5) is 0 Å². The molecular formula is C8H13ClO4. The minimum absolute atomic E-state index is 0.447. The normalized spacial score (nSPS) is 40.0. The van der Waals surface area contributed by atoms with Crippen LogP contribution in [0.5, 0.6) is 0 Å². The second kappa shape index (κ2) is 3.82. The Morgan fingerprint density at radius 3 is 2.85 bits per heavy atom. The van der Waals surface area contributed by atoms with E-state index in [-0.39, 0.29) is 0 Å². The van der Waals surface area contributed by atoms with Crippen molar-refractivity contribution in [2.75, 3.05) is 7.11 Å². The fourth-order valence-electron chi connectivity index (χ4n) is 1.32. The first-order valence-electron chi connectivity index (χ1n) is 4.08. The highest BCUT2D eigenvalue weighted by molar-refractivity contribution is 6.21. The van der Waals surface area contributed by atoms with E-state index in [1.165, 1.54) is 7.11 Å². The van der Waals surface area contributed by atoms with Gasteiger partial charge in [-0.25, -0.2) is 4.79 Å². The smallest absolute Gasteiger partial charge is 0.337 e. The summed E-state index contributed by atoms with van der Waals surface area (Å²) in [6.45, 7) is 1.59. The number of hydrogen-bond acceptors (Lipinski definition) is 4. The number of ether oxygens (including phenoxy) is 2. The summed E-state index contributed by atoms with van der Waals surface area (Å²) in [4.78, 5) is 11.2. The number of carbonyl (C=O) groups is 1. The van der Waals surface area contributed by atoms with Crippen LogP contribution < -0.4 is 0 Å². The van der Waals surface area contributed by atoms with Crippen molar-refractivity contribution < 1.29 is 19.4 Å². The molecule has 3 atom stereocenters. The molecule has 0 saturated carbocycles. The Labute approximate surface area is 81.8 Å². The Balaban J connectivity index is 2.66. The molecule has 1 aliphatic heterocycles. The molecule has 4 nitrogen and oxygen atoms in total. The maximum absolute atomic E-state index is 11.2. The fourth-order valence-corrected chi connectivity index (χ4v) is 1.48. The van der Waals surface area contributed by atoms with Crippen LogP contribution in [0.15, 0.2) is 0 Å². The number of hydrogen-bond donors (Lipinski definition) is 1. The van der Waals surface area contributed by atoms with Gasteiger partial charge in [0.05, 0.1) is 12.5 Å². The quantitative estimate of drug-likeness (QED) is 0.508. The third kappa shape index (κ3) is 2.13. The average Bonchev–Trinajstić information content (AvgIpc) is 2.11. The van der Waals surface area contributed by atoms with Gasteiger partial charge in [0.15, 0.2) is 11.9 Å². The van der Waals surface area contributed by atoms with Crippen LogP contribution in [0.1, 0.15) is 19.8 Å². The maximum Gasteiger partial charge on any atom is 0.337 e. The minimum Gasteiger partial charge on any atom is -0.467 e. The topological polar surface area (TPSA) is 55.8 Å². The molecule has 0 radical (unpaired) electrons. The molecule has 1 saturated heterocycles. The van der Waals surface area contributed by atoms with Gasteiger partial charge in [0.2, 0.25) is 0 Å². The summed E-state index contributed by atoms with van der Waals surface area (Å²) in [5, 5.41) is 8.85. The lowest BCUT2D eigenvalue weighted by molar-refractivity contribution is -0.219. The summed E-state index contributed by atoms with van der Waals surface area (Å²) in [7, 11) is 1.29. The van der Waals surface area contributed by atoms with Crippen LogP contribution in [0, 0.1) is 0 Å². The monoisotopic (exact) mass is 208 g/mol. The summed E-state index contributed by atoms with van der Waals surface area (Å²) >= 11 is 5.72.